The Morgan fingerprint density at radius 1 is 1.67 bits per heavy atom. The smallest absolute Gasteiger partial charge is 0.165 e. The second-order valence-corrected chi connectivity index (χ2v) is 3.65. The predicted molar refractivity (Wildman–Crippen MR) is 55.6 cm³/mol. The summed E-state index contributed by atoms with van der Waals surface area (Å²) in [6, 6.07) is 0. The van der Waals surface area contributed by atoms with Crippen LogP contribution < -0.4 is 0 Å². The van der Waals surface area contributed by atoms with Gasteiger partial charge in [-0.3, -0.25) is 4.79 Å². The highest BCUT2D eigenvalue weighted by Gasteiger charge is 2.23. The fraction of sp³-hybridized carbons (Fsp3) is 0.727. The Labute approximate surface area is 89.9 Å². The van der Waals surface area contributed by atoms with Crippen molar-refractivity contribution in [2.75, 3.05) is 13.2 Å². The zero-order chi connectivity index (χ0) is 11.3. The summed E-state index contributed by atoms with van der Waals surface area (Å²) in [5.74, 6) is -0.0326. The van der Waals surface area contributed by atoms with E-state index < -0.39 is 6.29 Å². The third kappa shape index (κ3) is 3.64. The highest BCUT2D eigenvalue weighted by atomic mass is 16.7. The monoisotopic (exact) mass is 214 g/mol. The average molecular weight is 214 g/mol. The van der Waals surface area contributed by atoms with Crippen molar-refractivity contribution >= 4 is 5.78 Å². The summed E-state index contributed by atoms with van der Waals surface area (Å²) >= 11 is 0. The molecule has 0 radical (unpaired) electrons. The standard InChI is InChI=1S/C11H18O4/c1-3-4-5-14-11-6-10(13)9(7-15-11)8(2)12/h11,13H,3-7H2,1-2H3. The van der Waals surface area contributed by atoms with Gasteiger partial charge in [-0.2, -0.15) is 0 Å². The van der Waals surface area contributed by atoms with E-state index in [2.05, 4.69) is 6.92 Å². The molecule has 0 aromatic rings. The van der Waals surface area contributed by atoms with E-state index in [0.717, 1.165) is 12.8 Å². The number of rotatable bonds is 5. The third-order valence-electron chi connectivity index (χ3n) is 2.35. The van der Waals surface area contributed by atoms with Crippen molar-refractivity contribution in [2.24, 2.45) is 0 Å². The quantitative estimate of drug-likeness (QED) is 0.711. The number of carbonyl (C=O) groups excluding carboxylic acids is 1. The van der Waals surface area contributed by atoms with Crippen LogP contribution >= 0.6 is 0 Å². The molecule has 1 N–H and O–H groups in total. The van der Waals surface area contributed by atoms with Crippen LogP contribution in [0.4, 0.5) is 0 Å². The van der Waals surface area contributed by atoms with Crippen molar-refractivity contribution in [1.82, 2.24) is 0 Å². The lowest BCUT2D eigenvalue weighted by molar-refractivity contribution is -0.149. The highest BCUT2D eigenvalue weighted by molar-refractivity contribution is 5.94. The van der Waals surface area contributed by atoms with Gasteiger partial charge in [0.2, 0.25) is 0 Å². The number of hydrogen-bond donors (Lipinski definition) is 1. The van der Waals surface area contributed by atoms with Gasteiger partial charge in [-0.1, -0.05) is 13.3 Å². The molecule has 4 nitrogen and oxygen atoms in total. The molecule has 1 aliphatic rings. The lowest BCUT2D eigenvalue weighted by atomic mass is 10.1. The minimum absolute atomic E-state index is 0.107. The van der Waals surface area contributed by atoms with Gasteiger partial charge in [-0.25, -0.2) is 0 Å². The van der Waals surface area contributed by atoms with Crippen molar-refractivity contribution in [3.8, 4) is 0 Å². The van der Waals surface area contributed by atoms with Gasteiger partial charge in [0.25, 0.3) is 0 Å². The number of unbranched alkanes of at least 4 members (excludes halogenated alkanes) is 1. The van der Waals surface area contributed by atoms with Crippen LogP contribution in [0.25, 0.3) is 0 Å². The van der Waals surface area contributed by atoms with Gasteiger partial charge in [0.05, 0.1) is 18.6 Å². The van der Waals surface area contributed by atoms with E-state index >= 15 is 0 Å². The summed E-state index contributed by atoms with van der Waals surface area (Å²) in [7, 11) is 0. The summed E-state index contributed by atoms with van der Waals surface area (Å²) in [6.07, 6.45) is 1.91. The van der Waals surface area contributed by atoms with Gasteiger partial charge in [-0.05, 0) is 13.3 Å². The fourth-order valence-electron chi connectivity index (χ4n) is 1.37. The van der Waals surface area contributed by atoms with Gasteiger partial charge in [0.15, 0.2) is 12.1 Å². The van der Waals surface area contributed by atoms with E-state index in [4.69, 9.17) is 9.47 Å². The number of aliphatic hydroxyl groups excluding tert-OH is 1. The summed E-state index contributed by atoms with van der Waals surface area (Å²) in [5, 5.41) is 9.57. The molecule has 86 valence electrons. The minimum Gasteiger partial charge on any atom is -0.512 e. The topological polar surface area (TPSA) is 55.8 Å². The third-order valence-corrected chi connectivity index (χ3v) is 2.35. The molecule has 0 amide bonds. The first-order chi connectivity index (χ1) is 7.15. The van der Waals surface area contributed by atoms with Gasteiger partial charge in [-0.15, -0.1) is 0 Å². The van der Waals surface area contributed by atoms with Crippen LogP contribution in [-0.4, -0.2) is 30.4 Å². The molecule has 0 saturated heterocycles. The lowest BCUT2D eigenvalue weighted by Gasteiger charge is -2.24. The molecule has 0 spiro atoms. The Hall–Kier alpha value is -0.870. The molecule has 1 unspecified atom stereocenters. The highest BCUT2D eigenvalue weighted by Crippen LogP contribution is 2.20. The number of carbonyl (C=O) groups is 1. The summed E-state index contributed by atoms with van der Waals surface area (Å²) < 4.78 is 10.7. The fourth-order valence-corrected chi connectivity index (χ4v) is 1.37. The van der Waals surface area contributed by atoms with Crippen molar-refractivity contribution in [2.45, 2.75) is 39.4 Å². The van der Waals surface area contributed by atoms with Crippen LogP contribution in [0.2, 0.25) is 0 Å². The maximum Gasteiger partial charge on any atom is 0.165 e. The van der Waals surface area contributed by atoms with E-state index in [-0.39, 0.29) is 24.6 Å². The van der Waals surface area contributed by atoms with Gasteiger partial charge in [0.1, 0.15) is 5.76 Å². The predicted octanol–water partition coefficient (Wildman–Crippen LogP) is 1.95. The van der Waals surface area contributed by atoms with Gasteiger partial charge < -0.3 is 14.6 Å². The lowest BCUT2D eigenvalue weighted by Crippen LogP contribution is -2.27. The Morgan fingerprint density at radius 2 is 2.40 bits per heavy atom. The van der Waals surface area contributed by atoms with Crippen molar-refractivity contribution in [3.05, 3.63) is 11.3 Å². The molecular formula is C11H18O4. The van der Waals surface area contributed by atoms with E-state index in [1.54, 1.807) is 0 Å². The Kier molecular flexibility index (Phi) is 4.78. The molecule has 1 atom stereocenters. The number of Topliss-reactive ketones (excluding diaryl/α,β-unsaturated/α-hetero) is 1. The molecule has 1 heterocycles. The van der Waals surface area contributed by atoms with Crippen molar-refractivity contribution < 1.29 is 19.4 Å². The number of ketones is 1. The van der Waals surface area contributed by atoms with Crippen LogP contribution in [0, 0.1) is 0 Å². The normalized spacial score (nSPS) is 21.9. The van der Waals surface area contributed by atoms with E-state index in [9.17, 15) is 9.90 Å². The largest absolute Gasteiger partial charge is 0.512 e. The first-order valence-corrected chi connectivity index (χ1v) is 5.30. The molecule has 0 fully saturated rings. The molecule has 0 aromatic heterocycles. The molecule has 1 rings (SSSR count). The number of ether oxygens (including phenoxy) is 2. The molecule has 4 heteroatoms. The van der Waals surface area contributed by atoms with Crippen molar-refractivity contribution in [1.29, 1.82) is 0 Å². The summed E-state index contributed by atoms with van der Waals surface area (Å²) in [4.78, 5) is 11.0. The zero-order valence-corrected chi connectivity index (χ0v) is 9.28. The molecule has 15 heavy (non-hydrogen) atoms. The number of hydrogen-bond acceptors (Lipinski definition) is 4. The molecule has 0 aromatic carbocycles. The van der Waals surface area contributed by atoms with Crippen LogP contribution in [0.1, 0.15) is 33.1 Å². The second kappa shape index (κ2) is 5.88. The number of aliphatic hydroxyl groups is 1. The Balaban J connectivity index is 2.41. The van der Waals surface area contributed by atoms with Crippen LogP contribution in [0.15, 0.2) is 11.3 Å². The Morgan fingerprint density at radius 3 is 2.93 bits per heavy atom. The molecular weight excluding hydrogens is 196 g/mol. The first-order valence-electron chi connectivity index (χ1n) is 5.30. The SMILES string of the molecule is CCCCOC1CC(O)=C(C(C)=O)CO1. The van der Waals surface area contributed by atoms with Crippen LogP contribution in [0.5, 0.6) is 0 Å². The first kappa shape index (κ1) is 12.2. The average Bonchev–Trinajstić information content (AvgIpc) is 2.17. The van der Waals surface area contributed by atoms with Crippen molar-refractivity contribution in [3.63, 3.8) is 0 Å². The molecule has 0 bridgehead atoms. The van der Waals surface area contributed by atoms with Gasteiger partial charge >= 0.3 is 0 Å². The maximum atomic E-state index is 11.0. The van der Waals surface area contributed by atoms with E-state index in [1.807, 2.05) is 0 Å². The summed E-state index contributed by atoms with van der Waals surface area (Å²) in [6.45, 7) is 4.28. The molecule has 1 aliphatic heterocycles. The zero-order valence-electron chi connectivity index (χ0n) is 9.28. The minimum atomic E-state index is -0.403. The second-order valence-electron chi connectivity index (χ2n) is 3.65. The van der Waals surface area contributed by atoms with Crippen LogP contribution in [0.3, 0.4) is 0 Å². The van der Waals surface area contributed by atoms with E-state index in [0.29, 0.717) is 12.2 Å². The molecule has 0 aliphatic carbocycles. The molecule has 0 saturated carbocycles. The maximum absolute atomic E-state index is 11.0. The Bertz CT molecular complexity index is 257. The van der Waals surface area contributed by atoms with Crippen LogP contribution in [-0.2, 0) is 14.3 Å². The van der Waals surface area contributed by atoms with Gasteiger partial charge in [0, 0.05) is 6.61 Å². The summed E-state index contributed by atoms with van der Waals surface area (Å²) in [5.41, 5.74) is 0.366. The van der Waals surface area contributed by atoms with E-state index in [1.165, 1.54) is 6.92 Å².